The van der Waals surface area contributed by atoms with Crippen molar-refractivity contribution in [3.05, 3.63) is 59.5 Å². The molecule has 0 saturated heterocycles. The average molecular weight is 409 g/mol. The normalized spacial score (nSPS) is 11.0. The van der Waals surface area contributed by atoms with Crippen LogP contribution >= 0.6 is 27.3 Å². The monoisotopic (exact) mass is 408 g/mol. The molecule has 0 bridgehead atoms. The number of carbonyl (C=O) groups excluding carboxylic acids is 1. The van der Waals surface area contributed by atoms with Crippen LogP contribution in [0.25, 0.3) is 11.0 Å². The van der Waals surface area contributed by atoms with Gasteiger partial charge in [-0.25, -0.2) is 9.78 Å². The van der Waals surface area contributed by atoms with Crippen LogP contribution in [0.15, 0.2) is 37.6 Å². The Kier molecular flexibility index (Phi) is 4.37. The van der Waals surface area contributed by atoms with Crippen LogP contribution in [0.4, 0.5) is 0 Å². The molecule has 24 heavy (non-hydrogen) atoms. The maximum atomic E-state index is 12.3. The number of hydrogen-bond acceptors (Lipinski definition) is 5. The van der Waals surface area contributed by atoms with Gasteiger partial charge in [0.2, 0.25) is 0 Å². The van der Waals surface area contributed by atoms with Crippen LogP contribution in [0.2, 0.25) is 0 Å². The van der Waals surface area contributed by atoms with Gasteiger partial charge in [0.15, 0.2) is 0 Å². The Morgan fingerprint density at radius 1 is 1.29 bits per heavy atom. The van der Waals surface area contributed by atoms with Crippen molar-refractivity contribution in [2.24, 2.45) is 14.1 Å². The van der Waals surface area contributed by atoms with Gasteiger partial charge in [-0.1, -0.05) is 0 Å². The number of carbonyl (C=O) groups is 1. The van der Waals surface area contributed by atoms with Crippen molar-refractivity contribution in [1.82, 2.24) is 19.4 Å². The van der Waals surface area contributed by atoms with E-state index in [2.05, 4.69) is 26.2 Å². The summed E-state index contributed by atoms with van der Waals surface area (Å²) >= 11 is 4.89. The van der Waals surface area contributed by atoms with Crippen molar-refractivity contribution >= 4 is 44.2 Å². The second-order valence-corrected chi connectivity index (χ2v) is 7.10. The Bertz CT molecular complexity index is 1070. The quantitative estimate of drug-likeness (QED) is 0.709. The Morgan fingerprint density at radius 3 is 2.71 bits per heavy atom. The fourth-order valence-electron chi connectivity index (χ4n) is 2.29. The minimum atomic E-state index is -0.485. The number of aryl methyl sites for hydroxylation is 1. The van der Waals surface area contributed by atoms with Crippen LogP contribution in [0.1, 0.15) is 15.4 Å². The fourth-order valence-corrected chi connectivity index (χ4v) is 3.68. The van der Waals surface area contributed by atoms with E-state index in [1.807, 2.05) is 11.4 Å². The molecule has 7 nitrogen and oxygen atoms in total. The highest BCUT2D eigenvalue weighted by molar-refractivity contribution is 9.10. The number of fused-ring (bicyclic) bond motifs is 1. The molecule has 3 aromatic rings. The molecule has 0 unspecified atom stereocenters. The van der Waals surface area contributed by atoms with Gasteiger partial charge in [-0.3, -0.25) is 18.7 Å². The van der Waals surface area contributed by atoms with Crippen LogP contribution < -0.4 is 16.6 Å². The molecule has 0 saturated carbocycles. The Balaban J connectivity index is 1.94. The van der Waals surface area contributed by atoms with Gasteiger partial charge in [-0.15, -0.1) is 11.3 Å². The third-order valence-corrected chi connectivity index (χ3v) is 5.28. The number of amides is 1. The number of nitrogens with one attached hydrogen (secondary N) is 1. The van der Waals surface area contributed by atoms with Gasteiger partial charge in [0.05, 0.1) is 11.9 Å². The van der Waals surface area contributed by atoms with Gasteiger partial charge in [-0.05, 0) is 34.1 Å². The molecule has 0 aromatic carbocycles. The second-order valence-electron chi connectivity index (χ2n) is 5.19. The van der Waals surface area contributed by atoms with Crippen molar-refractivity contribution in [3.8, 4) is 0 Å². The number of rotatable bonds is 3. The molecule has 9 heteroatoms. The summed E-state index contributed by atoms with van der Waals surface area (Å²) in [6.07, 6.45) is 0. The van der Waals surface area contributed by atoms with E-state index in [4.69, 9.17) is 0 Å². The van der Waals surface area contributed by atoms with Gasteiger partial charge in [0.1, 0.15) is 11.3 Å². The SMILES string of the molecule is Cn1c(=O)c2ccc(C(=O)NCc3cc(Br)cs3)nc2n(C)c1=O. The Labute approximate surface area is 148 Å². The summed E-state index contributed by atoms with van der Waals surface area (Å²) in [5, 5.41) is 4.99. The summed E-state index contributed by atoms with van der Waals surface area (Å²) in [6.45, 7) is 0.379. The van der Waals surface area contributed by atoms with E-state index in [0.717, 1.165) is 13.9 Å². The zero-order chi connectivity index (χ0) is 17.4. The minimum Gasteiger partial charge on any atom is -0.346 e. The lowest BCUT2D eigenvalue weighted by atomic mass is 10.2. The van der Waals surface area contributed by atoms with E-state index < -0.39 is 11.2 Å². The van der Waals surface area contributed by atoms with Gasteiger partial charge >= 0.3 is 5.69 Å². The number of nitrogens with zero attached hydrogens (tertiary/aromatic N) is 3. The molecule has 124 valence electrons. The van der Waals surface area contributed by atoms with Crippen molar-refractivity contribution in [3.63, 3.8) is 0 Å². The van der Waals surface area contributed by atoms with E-state index in [-0.39, 0.29) is 17.2 Å². The predicted octanol–water partition coefficient (Wildman–Crippen LogP) is 1.39. The molecule has 0 aliphatic heterocycles. The number of hydrogen-bond donors (Lipinski definition) is 1. The average Bonchev–Trinajstić information content (AvgIpc) is 3.00. The van der Waals surface area contributed by atoms with E-state index in [0.29, 0.717) is 11.9 Å². The van der Waals surface area contributed by atoms with Crippen LogP contribution in [-0.4, -0.2) is 20.0 Å². The molecule has 0 radical (unpaired) electrons. The summed E-state index contributed by atoms with van der Waals surface area (Å²) in [7, 11) is 2.92. The largest absolute Gasteiger partial charge is 0.346 e. The predicted molar refractivity (Wildman–Crippen MR) is 95.4 cm³/mol. The minimum absolute atomic E-state index is 0.154. The van der Waals surface area contributed by atoms with Gasteiger partial charge in [0, 0.05) is 28.8 Å². The van der Waals surface area contributed by atoms with Gasteiger partial charge in [-0.2, -0.15) is 0 Å². The highest BCUT2D eigenvalue weighted by atomic mass is 79.9. The van der Waals surface area contributed by atoms with E-state index in [1.54, 1.807) is 0 Å². The smallest absolute Gasteiger partial charge is 0.332 e. The van der Waals surface area contributed by atoms with E-state index in [9.17, 15) is 14.4 Å². The van der Waals surface area contributed by atoms with Crippen molar-refractivity contribution in [2.45, 2.75) is 6.54 Å². The summed E-state index contributed by atoms with van der Waals surface area (Å²) in [5.74, 6) is -0.366. The van der Waals surface area contributed by atoms with Crippen molar-refractivity contribution < 1.29 is 4.79 Å². The van der Waals surface area contributed by atoms with Crippen molar-refractivity contribution in [1.29, 1.82) is 0 Å². The molecule has 0 spiro atoms. The maximum absolute atomic E-state index is 12.3. The topological polar surface area (TPSA) is 86.0 Å². The van der Waals surface area contributed by atoms with Gasteiger partial charge in [0.25, 0.3) is 11.5 Å². The first-order chi connectivity index (χ1) is 11.4. The number of halogens is 1. The van der Waals surface area contributed by atoms with Crippen LogP contribution in [0.3, 0.4) is 0 Å². The first-order valence-electron chi connectivity index (χ1n) is 6.96. The number of pyridine rings is 1. The molecule has 1 N–H and O–H groups in total. The van der Waals surface area contributed by atoms with Crippen LogP contribution in [0.5, 0.6) is 0 Å². The summed E-state index contributed by atoms with van der Waals surface area (Å²) in [4.78, 5) is 41.5. The third kappa shape index (κ3) is 2.92. The Morgan fingerprint density at radius 2 is 2.04 bits per heavy atom. The second kappa shape index (κ2) is 6.33. The maximum Gasteiger partial charge on any atom is 0.332 e. The molecule has 0 fully saturated rings. The summed E-state index contributed by atoms with van der Waals surface area (Å²) < 4.78 is 3.23. The molecule has 3 rings (SSSR count). The molecular formula is C15H13BrN4O3S. The lowest BCUT2D eigenvalue weighted by Crippen LogP contribution is -2.37. The molecule has 3 heterocycles. The highest BCUT2D eigenvalue weighted by Crippen LogP contribution is 2.19. The molecule has 0 aliphatic rings. The third-order valence-electron chi connectivity index (χ3n) is 3.58. The van der Waals surface area contributed by atoms with E-state index in [1.165, 1.54) is 42.1 Å². The van der Waals surface area contributed by atoms with Gasteiger partial charge < -0.3 is 5.32 Å². The highest BCUT2D eigenvalue weighted by Gasteiger charge is 2.13. The van der Waals surface area contributed by atoms with Crippen molar-refractivity contribution in [2.75, 3.05) is 0 Å². The first-order valence-corrected chi connectivity index (χ1v) is 8.63. The first kappa shape index (κ1) is 16.6. The molecule has 0 atom stereocenters. The zero-order valence-corrected chi connectivity index (χ0v) is 15.3. The number of aromatic nitrogens is 3. The zero-order valence-electron chi connectivity index (χ0n) is 12.9. The Hall–Kier alpha value is -2.26. The van der Waals surface area contributed by atoms with Crippen LogP contribution in [0, 0.1) is 0 Å². The molecule has 1 amide bonds. The lowest BCUT2D eigenvalue weighted by Gasteiger charge is -2.08. The van der Waals surface area contributed by atoms with Crippen LogP contribution in [-0.2, 0) is 20.6 Å². The fraction of sp³-hybridized carbons (Fsp3) is 0.200. The lowest BCUT2D eigenvalue weighted by molar-refractivity contribution is 0.0946. The van der Waals surface area contributed by atoms with E-state index >= 15 is 0 Å². The number of thiophene rings is 1. The molecule has 3 aromatic heterocycles. The summed E-state index contributed by atoms with van der Waals surface area (Å²) in [6, 6.07) is 4.92. The molecular weight excluding hydrogens is 396 g/mol. The summed E-state index contributed by atoms with van der Waals surface area (Å²) in [5.41, 5.74) is -0.576. The standard InChI is InChI=1S/C15H13BrN4O3S/c1-19-12-10(14(22)20(2)15(19)23)3-4-11(18-12)13(21)17-6-9-5-8(16)7-24-9/h3-5,7H,6H2,1-2H3,(H,17,21). The molecule has 0 aliphatic carbocycles.